The molecule has 0 spiro atoms. The fourth-order valence-electron chi connectivity index (χ4n) is 5.43. The molecule has 150 valence electrons. The maximum atomic E-state index is 14.1. The molecule has 2 unspecified atom stereocenters. The van der Waals surface area contributed by atoms with E-state index >= 15 is 0 Å². The van der Waals surface area contributed by atoms with Crippen molar-refractivity contribution in [3.63, 3.8) is 0 Å². The topological polar surface area (TPSA) is 0 Å². The van der Waals surface area contributed by atoms with Crippen molar-refractivity contribution in [2.45, 2.75) is 64.2 Å². The van der Waals surface area contributed by atoms with Crippen molar-refractivity contribution >= 4 is 29.1 Å². The predicted molar refractivity (Wildman–Crippen MR) is 126 cm³/mol. The van der Waals surface area contributed by atoms with Gasteiger partial charge in [-0.1, -0.05) is 44.0 Å². The molecule has 0 bridgehead atoms. The Balaban J connectivity index is 1.39. The minimum absolute atomic E-state index is 0.160. The van der Waals surface area contributed by atoms with Gasteiger partial charge in [-0.2, -0.15) is 0 Å². The van der Waals surface area contributed by atoms with E-state index in [9.17, 15) is 4.39 Å². The summed E-state index contributed by atoms with van der Waals surface area (Å²) >= 11 is 0. The van der Waals surface area contributed by atoms with Crippen molar-refractivity contribution in [3.8, 4) is 11.1 Å². The fraction of sp³-hybridized carbons (Fsp3) is 0.520. The van der Waals surface area contributed by atoms with E-state index in [4.69, 9.17) is 0 Å². The Morgan fingerprint density at radius 3 is 1.89 bits per heavy atom. The van der Waals surface area contributed by atoms with Crippen LogP contribution in [0.5, 0.6) is 0 Å². The van der Waals surface area contributed by atoms with Crippen molar-refractivity contribution in [1.29, 1.82) is 0 Å². The van der Waals surface area contributed by atoms with E-state index < -0.39 is 0 Å². The van der Waals surface area contributed by atoms with Crippen molar-refractivity contribution in [3.05, 3.63) is 47.8 Å². The maximum Gasteiger partial charge on any atom is 0.131 e. The van der Waals surface area contributed by atoms with Gasteiger partial charge in [0, 0.05) is 5.30 Å². The average molecular weight is 414 g/mol. The SMILES string of the molecule is CC1CCC(C2CCC(c3ccc(-c4cc(F)c(P)c(P)c4)cc3)CC2)CC1. The van der Waals surface area contributed by atoms with E-state index in [1.54, 1.807) is 6.07 Å². The Labute approximate surface area is 174 Å². The zero-order valence-electron chi connectivity index (χ0n) is 17.0. The highest BCUT2D eigenvalue weighted by atomic mass is 31.0. The molecule has 2 aliphatic carbocycles. The summed E-state index contributed by atoms with van der Waals surface area (Å²) in [5.41, 5.74) is 3.52. The summed E-state index contributed by atoms with van der Waals surface area (Å²) in [4.78, 5) is 0. The molecular formula is C25H33FP2. The molecule has 2 aromatic rings. The van der Waals surface area contributed by atoms with Crippen LogP contribution in [0.1, 0.15) is 69.8 Å². The number of rotatable bonds is 3. The summed E-state index contributed by atoms with van der Waals surface area (Å²) in [6, 6.07) is 12.6. The van der Waals surface area contributed by atoms with Crippen LogP contribution in [0.25, 0.3) is 11.1 Å². The van der Waals surface area contributed by atoms with Gasteiger partial charge in [0.2, 0.25) is 0 Å². The molecule has 0 heterocycles. The lowest BCUT2D eigenvalue weighted by Crippen LogP contribution is -2.24. The largest absolute Gasteiger partial charge is 0.206 e. The number of hydrogen-bond acceptors (Lipinski definition) is 0. The molecule has 2 aliphatic rings. The fourth-order valence-corrected chi connectivity index (χ4v) is 5.92. The molecule has 2 atom stereocenters. The van der Waals surface area contributed by atoms with Crippen LogP contribution in [0.3, 0.4) is 0 Å². The lowest BCUT2D eigenvalue weighted by atomic mass is 9.68. The molecular weight excluding hydrogens is 381 g/mol. The van der Waals surface area contributed by atoms with Crippen molar-refractivity contribution < 1.29 is 4.39 Å². The van der Waals surface area contributed by atoms with E-state index in [0.29, 0.717) is 11.2 Å². The Morgan fingerprint density at radius 1 is 0.750 bits per heavy atom. The quantitative estimate of drug-likeness (QED) is 0.497. The smallest absolute Gasteiger partial charge is 0.131 e. The molecule has 0 aromatic heterocycles. The third-order valence-corrected chi connectivity index (χ3v) is 8.80. The van der Waals surface area contributed by atoms with Gasteiger partial charge in [-0.15, -0.1) is 18.5 Å². The molecule has 2 saturated carbocycles. The monoisotopic (exact) mass is 414 g/mol. The van der Waals surface area contributed by atoms with Gasteiger partial charge in [0.15, 0.2) is 0 Å². The van der Waals surface area contributed by atoms with Gasteiger partial charge in [0.1, 0.15) is 5.82 Å². The minimum Gasteiger partial charge on any atom is -0.206 e. The molecule has 4 rings (SSSR count). The van der Waals surface area contributed by atoms with E-state index in [1.165, 1.54) is 56.9 Å². The van der Waals surface area contributed by atoms with Crippen LogP contribution in [0.15, 0.2) is 36.4 Å². The van der Waals surface area contributed by atoms with Crippen LogP contribution in [-0.4, -0.2) is 0 Å². The molecule has 2 fully saturated rings. The first-order valence-corrected chi connectivity index (χ1v) is 12.1. The molecule has 0 N–H and O–H groups in total. The predicted octanol–water partition coefficient (Wildman–Crippen LogP) is 6.59. The average Bonchev–Trinajstić information content (AvgIpc) is 2.72. The zero-order chi connectivity index (χ0) is 19.7. The Bertz CT molecular complexity index is 775. The third-order valence-electron chi connectivity index (χ3n) is 7.38. The Kier molecular flexibility index (Phi) is 6.54. The highest BCUT2D eigenvalue weighted by Crippen LogP contribution is 2.44. The molecule has 0 nitrogen and oxygen atoms in total. The second-order valence-electron chi connectivity index (χ2n) is 9.21. The van der Waals surface area contributed by atoms with E-state index in [-0.39, 0.29) is 5.82 Å². The lowest BCUT2D eigenvalue weighted by Gasteiger charge is -2.37. The van der Waals surface area contributed by atoms with E-state index in [2.05, 4.69) is 49.7 Å². The lowest BCUT2D eigenvalue weighted by molar-refractivity contribution is 0.165. The summed E-state index contributed by atoms with van der Waals surface area (Å²) < 4.78 is 14.1. The molecule has 0 saturated heterocycles. The molecule has 0 radical (unpaired) electrons. The summed E-state index contributed by atoms with van der Waals surface area (Å²) in [7, 11) is 5.10. The minimum atomic E-state index is -0.160. The van der Waals surface area contributed by atoms with Crippen molar-refractivity contribution in [2.75, 3.05) is 0 Å². The molecule has 0 aliphatic heterocycles. The second kappa shape index (κ2) is 8.93. The second-order valence-corrected chi connectivity index (χ2v) is 10.4. The van der Waals surface area contributed by atoms with Gasteiger partial charge < -0.3 is 0 Å². The van der Waals surface area contributed by atoms with Crippen molar-refractivity contribution in [2.24, 2.45) is 17.8 Å². The summed E-state index contributed by atoms with van der Waals surface area (Å²) in [6.45, 7) is 2.42. The van der Waals surface area contributed by atoms with Crippen LogP contribution in [-0.2, 0) is 0 Å². The zero-order valence-corrected chi connectivity index (χ0v) is 19.3. The first-order chi connectivity index (χ1) is 13.5. The van der Waals surface area contributed by atoms with Gasteiger partial charge in [-0.05, 0) is 96.3 Å². The van der Waals surface area contributed by atoms with Gasteiger partial charge in [-0.3, -0.25) is 0 Å². The highest BCUT2D eigenvalue weighted by molar-refractivity contribution is 7.35. The number of benzene rings is 2. The first kappa shape index (κ1) is 20.5. The maximum absolute atomic E-state index is 14.1. The van der Waals surface area contributed by atoms with Crippen LogP contribution >= 0.6 is 18.5 Å². The third kappa shape index (κ3) is 4.52. The standard InChI is InChI=1S/C25H33FP2/c1-16-2-4-17(5-3-16)18-6-8-19(9-7-18)20-10-12-21(13-11-20)22-14-23(26)25(28)24(27)15-22/h10-19H,2-9,27-28H2,1H3. The van der Waals surface area contributed by atoms with E-state index in [1.807, 2.05) is 6.07 Å². The Hall–Kier alpha value is -0.770. The van der Waals surface area contributed by atoms with Gasteiger partial charge in [0.25, 0.3) is 0 Å². The summed E-state index contributed by atoms with van der Waals surface area (Å²) in [6.07, 6.45) is 11.3. The van der Waals surface area contributed by atoms with Gasteiger partial charge in [-0.25, -0.2) is 4.39 Å². The van der Waals surface area contributed by atoms with Crippen molar-refractivity contribution in [1.82, 2.24) is 0 Å². The summed E-state index contributed by atoms with van der Waals surface area (Å²) in [5.74, 6) is 3.46. The molecule has 0 amide bonds. The molecule has 3 heteroatoms. The van der Waals surface area contributed by atoms with Gasteiger partial charge in [0.05, 0.1) is 0 Å². The van der Waals surface area contributed by atoms with E-state index in [0.717, 1.165) is 34.2 Å². The molecule has 28 heavy (non-hydrogen) atoms. The normalized spacial score (nSPS) is 28.3. The van der Waals surface area contributed by atoms with Crippen LogP contribution < -0.4 is 10.6 Å². The van der Waals surface area contributed by atoms with Crippen LogP contribution in [0.2, 0.25) is 0 Å². The van der Waals surface area contributed by atoms with Crippen LogP contribution in [0.4, 0.5) is 4.39 Å². The van der Waals surface area contributed by atoms with Gasteiger partial charge >= 0.3 is 0 Å². The molecule has 2 aromatic carbocycles. The van der Waals surface area contributed by atoms with Crippen LogP contribution in [0, 0.1) is 23.6 Å². The number of halogens is 1. The first-order valence-electron chi connectivity index (χ1n) is 11.0. The highest BCUT2D eigenvalue weighted by Gasteiger charge is 2.30. The summed E-state index contributed by atoms with van der Waals surface area (Å²) in [5, 5.41) is 1.54. The number of hydrogen-bond donors (Lipinski definition) is 0. The Morgan fingerprint density at radius 2 is 1.32 bits per heavy atom.